The van der Waals surface area contributed by atoms with Crippen LogP contribution in [0.25, 0.3) is 0 Å². The number of amides is 1. The van der Waals surface area contributed by atoms with Gasteiger partial charge in [-0.2, -0.15) is 0 Å². The van der Waals surface area contributed by atoms with Gasteiger partial charge >= 0.3 is 0 Å². The van der Waals surface area contributed by atoms with Crippen LogP contribution in [-0.4, -0.2) is 5.24 Å². The Morgan fingerprint density at radius 1 is 1.58 bits per heavy atom. The molecule has 0 aliphatic heterocycles. The van der Waals surface area contributed by atoms with Crippen molar-refractivity contribution in [2.24, 2.45) is 0 Å². The van der Waals surface area contributed by atoms with Crippen molar-refractivity contribution in [3.63, 3.8) is 0 Å². The number of carbonyl (C=O) groups excluding carboxylic acids is 1. The molecule has 0 atom stereocenters. The molecule has 0 heterocycles. The lowest BCUT2D eigenvalue weighted by atomic mass is 10.2. The third-order valence-electron chi connectivity index (χ3n) is 1.43. The van der Waals surface area contributed by atoms with Gasteiger partial charge in [-0.25, -0.2) is 0 Å². The van der Waals surface area contributed by atoms with Gasteiger partial charge in [0, 0.05) is 10.7 Å². The van der Waals surface area contributed by atoms with Gasteiger partial charge in [0.05, 0.1) is 0 Å². The largest absolute Gasteiger partial charge is 0.317 e. The summed E-state index contributed by atoms with van der Waals surface area (Å²) >= 11 is 9.32. The first-order chi connectivity index (χ1) is 5.59. The van der Waals surface area contributed by atoms with Crippen molar-refractivity contribution in [2.75, 3.05) is 5.32 Å². The lowest BCUT2D eigenvalue weighted by Crippen LogP contribution is -2.02. The molecule has 0 saturated carbocycles. The summed E-state index contributed by atoms with van der Waals surface area (Å²) in [6, 6.07) is 5.24. The van der Waals surface area contributed by atoms with Crippen molar-refractivity contribution in [1.82, 2.24) is 0 Å². The second-order valence-electron chi connectivity index (χ2n) is 2.39. The van der Waals surface area contributed by atoms with Crippen LogP contribution in [0.4, 0.5) is 10.5 Å². The average molecular weight is 202 g/mol. The van der Waals surface area contributed by atoms with Crippen LogP contribution in [-0.2, 0) is 0 Å². The third-order valence-corrected chi connectivity index (χ3v) is 1.78. The molecule has 0 aliphatic rings. The van der Waals surface area contributed by atoms with E-state index >= 15 is 0 Å². The first kappa shape index (κ1) is 9.42. The summed E-state index contributed by atoms with van der Waals surface area (Å²) in [6.45, 7) is 1.87. The summed E-state index contributed by atoms with van der Waals surface area (Å²) in [5, 5.41) is 2.85. The number of hydrogen-bond donors (Lipinski definition) is 2. The van der Waals surface area contributed by atoms with Crippen LogP contribution < -0.4 is 5.32 Å². The predicted molar refractivity (Wildman–Crippen MR) is 54.2 cm³/mol. The summed E-state index contributed by atoms with van der Waals surface area (Å²) in [4.78, 5) is 10.6. The van der Waals surface area contributed by atoms with E-state index in [2.05, 4.69) is 17.9 Å². The Kier molecular flexibility index (Phi) is 3.00. The van der Waals surface area contributed by atoms with Gasteiger partial charge < -0.3 is 5.32 Å². The van der Waals surface area contributed by atoms with E-state index in [0.29, 0.717) is 5.02 Å². The maximum Gasteiger partial charge on any atom is 0.280 e. The normalized spacial score (nSPS) is 9.58. The Balaban J connectivity index is 2.93. The lowest BCUT2D eigenvalue weighted by Gasteiger charge is -2.04. The molecular weight excluding hydrogens is 194 g/mol. The molecule has 1 aromatic rings. The SMILES string of the molecule is Cc1cc(Cl)ccc1NC(=O)S. The zero-order chi connectivity index (χ0) is 9.14. The smallest absolute Gasteiger partial charge is 0.280 e. The Morgan fingerprint density at radius 2 is 2.25 bits per heavy atom. The Labute approximate surface area is 81.3 Å². The molecule has 12 heavy (non-hydrogen) atoms. The van der Waals surface area contributed by atoms with E-state index in [4.69, 9.17) is 11.6 Å². The van der Waals surface area contributed by atoms with E-state index in [9.17, 15) is 4.79 Å². The number of benzene rings is 1. The molecule has 1 rings (SSSR count). The molecule has 0 fully saturated rings. The summed E-state index contributed by atoms with van der Waals surface area (Å²) in [5.41, 5.74) is 1.66. The standard InChI is InChI=1S/C8H8ClNOS/c1-5-4-6(9)2-3-7(5)10-8(11)12/h2-4H,1H3,(H2,10,11,12). The first-order valence-corrected chi connectivity index (χ1v) is 4.18. The van der Waals surface area contributed by atoms with E-state index in [1.807, 2.05) is 6.92 Å². The summed E-state index contributed by atoms with van der Waals surface area (Å²) in [6.07, 6.45) is 0. The van der Waals surface area contributed by atoms with Crippen molar-refractivity contribution in [3.05, 3.63) is 28.8 Å². The van der Waals surface area contributed by atoms with Crippen LogP contribution >= 0.6 is 24.2 Å². The summed E-state index contributed by atoms with van der Waals surface area (Å²) < 4.78 is 0. The van der Waals surface area contributed by atoms with Gasteiger partial charge in [-0.1, -0.05) is 24.2 Å². The monoisotopic (exact) mass is 201 g/mol. The number of carbonyl (C=O) groups is 1. The van der Waals surface area contributed by atoms with Crippen LogP contribution in [0.1, 0.15) is 5.56 Å². The van der Waals surface area contributed by atoms with E-state index in [-0.39, 0.29) is 5.24 Å². The molecular formula is C8H8ClNOS. The highest BCUT2D eigenvalue weighted by atomic mass is 35.5. The first-order valence-electron chi connectivity index (χ1n) is 3.35. The Morgan fingerprint density at radius 3 is 2.75 bits per heavy atom. The van der Waals surface area contributed by atoms with Gasteiger partial charge in [0.15, 0.2) is 0 Å². The highest BCUT2D eigenvalue weighted by Gasteiger charge is 2.00. The molecule has 2 nitrogen and oxygen atoms in total. The highest BCUT2D eigenvalue weighted by Crippen LogP contribution is 2.19. The lowest BCUT2D eigenvalue weighted by molar-refractivity contribution is 0.270. The van der Waals surface area contributed by atoms with Gasteiger partial charge in [-0.3, -0.25) is 4.79 Å². The van der Waals surface area contributed by atoms with Gasteiger partial charge in [-0.05, 0) is 30.7 Å². The fourth-order valence-corrected chi connectivity index (χ4v) is 1.23. The topological polar surface area (TPSA) is 29.1 Å². The van der Waals surface area contributed by atoms with Gasteiger partial charge in [0.25, 0.3) is 5.24 Å². The van der Waals surface area contributed by atoms with E-state index in [1.54, 1.807) is 18.2 Å². The molecule has 0 radical (unpaired) electrons. The van der Waals surface area contributed by atoms with Crippen molar-refractivity contribution in [2.45, 2.75) is 6.92 Å². The summed E-state index contributed by atoms with van der Waals surface area (Å²) in [5.74, 6) is 0. The van der Waals surface area contributed by atoms with Crippen LogP contribution in [0.3, 0.4) is 0 Å². The minimum atomic E-state index is -0.375. The number of hydrogen-bond acceptors (Lipinski definition) is 1. The van der Waals surface area contributed by atoms with E-state index < -0.39 is 0 Å². The van der Waals surface area contributed by atoms with Crippen molar-refractivity contribution < 1.29 is 4.79 Å². The van der Waals surface area contributed by atoms with Gasteiger partial charge in [0.1, 0.15) is 0 Å². The maximum atomic E-state index is 10.6. The quantitative estimate of drug-likeness (QED) is 0.672. The number of aryl methyl sites for hydroxylation is 1. The molecule has 0 spiro atoms. The molecule has 4 heteroatoms. The maximum absolute atomic E-state index is 10.6. The molecule has 0 aliphatic carbocycles. The van der Waals surface area contributed by atoms with Crippen LogP contribution in [0.5, 0.6) is 0 Å². The van der Waals surface area contributed by atoms with Gasteiger partial charge in [0.2, 0.25) is 0 Å². The number of thiol groups is 1. The zero-order valence-electron chi connectivity index (χ0n) is 6.47. The molecule has 0 aromatic heterocycles. The molecule has 0 unspecified atom stereocenters. The van der Waals surface area contributed by atoms with Crippen molar-refractivity contribution in [3.8, 4) is 0 Å². The average Bonchev–Trinajstić information content (AvgIpc) is 1.94. The molecule has 0 bridgehead atoms. The molecule has 1 amide bonds. The predicted octanol–water partition coefficient (Wildman–Crippen LogP) is 3.11. The third kappa shape index (κ3) is 2.43. The van der Waals surface area contributed by atoms with Crippen LogP contribution in [0.15, 0.2) is 18.2 Å². The highest BCUT2D eigenvalue weighted by molar-refractivity contribution is 7.96. The van der Waals surface area contributed by atoms with E-state index in [0.717, 1.165) is 11.3 Å². The Bertz CT molecular complexity index is 314. The zero-order valence-corrected chi connectivity index (χ0v) is 8.12. The van der Waals surface area contributed by atoms with E-state index in [1.165, 1.54) is 0 Å². The molecule has 1 aromatic carbocycles. The van der Waals surface area contributed by atoms with Crippen molar-refractivity contribution >= 4 is 35.2 Å². The van der Waals surface area contributed by atoms with Crippen molar-refractivity contribution in [1.29, 1.82) is 0 Å². The number of nitrogens with one attached hydrogen (secondary N) is 1. The second-order valence-corrected chi connectivity index (χ2v) is 3.23. The summed E-state index contributed by atoms with van der Waals surface area (Å²) in [7, 11) is 0. The van der Waals surface area contributed by atoms with Crippen LogP contribution in [0.2, 0.25) is 5.02 Å². The number of anilines is 1. The fourth-order valence-electron chi connectivity index (χ4n) is 0.883. The minimum Gasteiger partial charge on any atom is -0.317 e. The number of rotatable bonds is 1. The molecule has 64 valence electrons. The number of halogens is 1. The molecule has 1 N–H and O–H groups in total. The fraction of sp³-hybridized carbons (Fsp3) is 0.125. The molecule has 0 saturated heterocycles. The second kappa shape index (κ2) is 3.83. The van der Waals surface area contributed by atoms with Gasteiger partial charge in [-0.15, -0.1) is 0 Å². The minimum absolute atomic E-state index is 0.375. The van der Waals surface area contributed by atoms with Crippen LogP contribution in [0, 0.1) is 6.92 Å². The Hall–Kier alpha value is -0.670.